The number of carbonyl (C=O) groups excluding carboxylic acids is 1. The van der Waals surface area contributed by atoms with Crippen LogP contribution in [0.2, 0.25) is 0 Å². The Balaban J connectivity index is 3.95. The van der Waals surface area contributed by atoms with E-state index in [1.54, 1.807) is 0 Å². The first-order valence-electron chi connectivity index (χ1n) is 32.4. The van der Waals surface area contributed by atoms with Crippen LogP contribution in [-0.4, -0.2) is 70.7 Å². The lowest BCUT2D eigenvalue weighted by molar-refractivity contribution is -0.870. The minimum Gasteiger partial charge on any atom is -0.756 e. The molecule has 0 aliphatic rings. The third-order valence-electron chi connectivity index (χ3n) is 14.8. The number of phosphoric acid groups is 1. The molecule has 0 aromatic carbocycles. The number of hydrogen-bond acceptors (Lipinski definition) is 7. The van der Waals surface area contributed by atoms with Gasteiger partial charge in [-0.2, -0.15) is 0 Å². The van der Waals surface area contributed by atoms with Crippen molar-refractivity contribution in [3.8, 4) is 0 Å². The van der Waals surface area contributed by atoms with Crippen LogP contribution < -0.4 is 4.89 Å². The van der Waals surface area contributed by atoms with Gasteiger partial charge in [-0.1, -0.05) is 302 Å². The summed E-state index contributed by atoms with van der Waals surface area (Å²) in [7, 11) is 1.38. The van der Waals surface area contributed by atoms with Gasteiger partial charge in [-0.25, -0.2) is 0 Å². The lowest BCUT2D eigenvalue weighted by Gasteiger charge is -2.28. The number of unbranched alkanes of at least 4 members (excludes halogenated alkanes) is 46. The molecule has 0 rings (SSSR count). The minimum atomic E-state index is -4.53. The average molecular weight is 1050 g/mol. The van der Waals surface area contributed by atoms with E-state index < -0.39 is 13.9 Å². The SMILES string of the molecule is CCCCCCCCCC/C=C\CCCCCCCCCCCCCCCC(=O)OC(COCCCCCCCCCCCCCCCCCCCCCCCCCCCC)COP(=O)([O-])OCC[N+](C)(C)C. The molecule has 73 heavy (non-hydrogen) atoms. The number of carbonyl (C=O) groups is 1. The van der Waals surface area contributed by atoms with Crippen LogP contribution in [0.3, 0.4) is 0 Å². The summed E-state index contributed by atoms with van der Waals surface area (Å²) in [4.78, 5) is 25.3. The predicted molar refractivity (Wildman–Crippen MR) is 314 cm³/mol. The highest BCUT2D eigenvalue weighted by molar-refractivity contribution is 7.45. The molecule has 9 heteroatoms. The Hall–Kier alpha value is -0.760. The van der Waals surface area contributed by atoms with Crippen LogP contribution in [0.4, 0.5) is 0 Å². The zero-order valence-corrected chi connectivity index (χ0v) is 50.8. The molecule has 0 radical (unpaired) electrons. The summed E-state index contributed by atoms with van der Waals surface area (Å²) in [6.07, 6.45) is 69.9. The third kappa shape index (κ3) is 62.0. The van der Waals surface area contributed by atoms with Crippen molar-refractivity contribution in [1.82, 2.24) is 0 Å². The summed E-state index contributed by atoms with van der Waals surface area (Å²) in [5.74, 6) is -0.324. The Morgan fingerprint density at radius 3 is 1.04 bits per heavy atom. The van der Waals surface area contributed by atoms with Gasteiger partial charge in [0.25, 0.3) is 7.82 Å². The van der Waals surface area contributed by atoms with Gasteiger partial charge in [0.1, 0.15) is 19.3 Å². The summed E-state index contributed by atoms with van der Waals surface area (Å²) in [5.41, 5.74) is 0. The van der Waals surface area contributed by atoms with Crippen molar-refractivity contribution in [3.63, 3.8) is 0 Å². The number of nitrogens with zero attached hydrogens (tertiary/aromatic N) is 1. The number of phosphoric ester groups is 1. The van der Waals surface area contributed by atoms with Crippen molar-refractivity contribution in [2.45, 2.75) is 341 Å². The molecule has 0 fully saturated rings. The number of rotatable bonds is 62. The molecule has 0 amide bonds. The van der Waals surface area contributed by atoms with Gasteiger partial charge in [-0.3, -0.25) is 9.36 Å². The summed E-state index contributed by atoms with van der Waals surface area (Å²) in [6.45, 7) is 5.51. The van der Waals surface area contributed by atoms with Gasteiger partial charge < -0.3 is 27.9 Å². The second-order valence-corrected chi connectivity index (χ2v) is 24.9. The smallest absolute Gasteiger partial charge is 0.306 e. The second kappa shape index (κ2) is 57.4. The van der Waals surface area contributed by atoms with Crippen LogP contribution in [-0.2, 0) is 27.9 Å². The van der Waals surface area contributed by atoms with Gasteiger partial charge in [0, 0.05) is 13.0 Å². The van der Waals surface area contributed by atoms with Crippen LogP contribution in [0, 0.1) is 0 Å². The van der Waals surface area contributed by atoms with Gasteiger partial charge in [-0.05, 0) is 38.5 Å². The zero-order chi connectivity index (χ0) is 53.3. The molecule has 2 unspecified atom stereocenters. The molecule has 0 aromatic heterocycles. The van der Waals surface area contributed by atoms with Crippen molar-refractivity contribution in [1.29, 1.82) is 0 Å². The lowest BCUT2D eigenvalue weighted by atomic mass is 10.0. The maximum Gasteiger partial charge on any atom is 0.306 e. The fourth-order valence-corrected chi connectivity index (χ4v) is 10.6. The molecule has 0 N–H and O–H groups in total. The van der Waals surface area contributed by atoms with Gasteiger partial charge in [0.2, 0.25) is 0 Å². The van der Waals surface area contributed by atoms with Crippen LogP contribution >= 0.6 is 7.82 Å². The molecule has 8 nitrogen and oxygen atoms in total. The van der Waals surface area contributed by atoms with Crippen LogP contribution in [0.5, 0.6) is 0 Å². The maximum atomic E-state index is 12.8. The van der Waals surface area contributed by atoms with E-state index in [4.69, 9.17) is 18.5 Å². The average Bonchev–Trinajstić information content (AvgIpc) is 3.35. The molecule has 0 bridgehead atoms. The van der Waals surface area contributed by atoms with E-state index in [-0.39, 0.29) is 25.8 Å². The standard InChI is InChI=1S/C64H128NO7P/c1-6-8-10-12-14-16-18-20-22-24-26-28-30-32-34-36-38-40-42-44-46-48-50-52-54-56-59-69-61-63(62-71-73(67,68)70-60-58-65(3,4)5)72-64(66)57-55-53-51-49-47-45-43-41-39-37-35-33-31-29-27-25-23-21-19-17-15-13-11-9-7-2/h25,27,63H,6-24,26,28-62H2,1-5H3/b27-25-. The van der Waals surface area contributed by atoms with Crippen LogP contribution in [0.1, 0.15) is 335 Å². The highest BCUT2D eigenvalue weighted by atomic mass is 31.2. The molecule has 0 spiro atoms. The fourth-order valence-electron chi connectivity index (χ4n) is 9.84. The molecule has 0 saturated heterocycles. The largest absolute Gasteiger partial charge is 0.756 e. The van der Waals surface area contributed by atoms with E-state index in [0.29, 0.717) is 24.1 Å². The highest BCUT2D eigenvalue weighted by Gasteiger charge is 2.20. The third-order valence-corrected chi connectivity index (χ3v) is 15.8. The molecule has 0 saturated carbocycles. The molecule has 0 aromatic rings. The fraction of sp³-hybridized carbons (Fsp3) is 0.953. The van der Waals surface area contributed by atoms with E-state index in [9.17, 15) is 14.3 Å². The zero-order valence-electron chi connectivity index (χ0n) is 49.9. The van der Waals surface area contributed by atoms with Crippen molar-refractivity contribution >= 4 is 13.8 Å². The molecule has 0 aliphatic carbocycles. The Morgan fingerprint density at radius 1 is 0.411 bits per heavy atom. The number of quaternary nitrogens is 1. The minimum absolute atomic E-state index is 0.0305. The highest BCUT2D eigenvalue weighted by Crippen LogP contribution is 2.38. The Bertz CT molecular complexity index is 1180. The summed E-state index contributed by atoms with van der Waals surface area (Å²) in [6, 6.07) is 0. The monoisotopic (exact) mass is 1050 g/mol. The van der Waals surface area contributed by atoms with Crippen molar-refractivity contribution < 1.29 is 37.3 Å². The molecule has 436 valence electrons. The topological polar surface area (TPSA) is 94.1 Å². The van der Waals surface area contributed by atoms with E-state index in [1.807, 2.05) is 21.1 Å². The first-order valence-corrected chi connectivity index (χ1v) is 33.9. The Morgan fingerprint density at radius 2 is 0.712 bits per heavy atom. The van der Waals surface area contributed by atoms with Gasteiger partial charge in [-0.15, -0.1) is 0 Å². The van der Waals surface area contributed by atoms with Crippen molar-refractivity contribution in [2.24, 2.45) is 0 Å². The van der Waals surface area contributed by atoms with Gasteiger partial charge >= 0.3 is 5.97 Å². The summed E-state index contributed by atoms with van der Waals surface area (Å²) < 4.78 is 35.0. The molecule has 2 atom stereocenters. The second-order valence-electron chi connectivity index (χ2n) is 23.5. The predicted octanol–water partition coefficient (Wildman–Crippen LogP) is 20.2. The normalized spacial score (nSPS) is 13.3. The van der Waals surface area contributed by atoms with Gasteiger partial charge in [0.15, 0.2) is 0 Å². The molecule has 0 aliphatic heterocycles. The Kier molecular flexibility index (Phi) is 56.8. The quantitative estimate of drug-likeness (QED) is 0.0197. The van der Waals surface area contributed by atoms with E-state index in [0.717, 1.165) is 32.1 Å². The number of allylic oxidation sites excluding steroid dienone is 2. The summed E-state index contributed by atoms with van der Waals surface area (Å²) >= 11 is 0. The van der Waals surface area contributed by atoms with E-state index >= 15 is 0 Å². The first-order chi connectivity index (χ1) is 35.6. The first kappa shape index (κ1) is 72.2. The molecular weight excluding hydrogens is 926 g/mol. The van der Waals surface area contributed by atoms with E-state index in [1.165, 1.54) is 283 Å². The van der Waals surface area contributed by atoms with Crippen LogP contribution in [0.25, 0.3) is 0 Å². The van der Waals surface area contributed by atoms with E-state index in [2.05, 4.69) is 26.0 Å². The number of esters is 1. The summed E-state index contributed by atoms with van der Waals surface area (Å²) in [5, 5.41) is 0. The number of likely N-dealkylation sites (N-methyl/N-ethyl adjacent to an activating group) is 1. The molecule has 0 heterocycles. The van der Waals surface area contributed by atoms with Gasteiger partial charge in [0.05, 0.1) is 34.4 Å². The number of ether oxygens (including phenoxy) is 2. The van der Waals surface area contributed by atoms with Crippen molar-refractivity contribution in [3.05, 3.63) is 12.2 Å². The number of hydrogen-bond donors (Lipinski definition) is 0. The molecular formula is C64H128NO7P. The Labute approximate surface area is 456 Å². The maximum absolute atomic E-state index is 12.8. The van der Waals surface area contributed by atoms with Crippen molar-refractivity contribution in [2.75, 3.05) is 54.1 Å². The van der Waals surface area contributed by atoms with Crippen LogP contribution in [0.15, 0.2) is 12.2 Å². The lowest BCUT2D eigenvalue weighted by Crippen LogP contribution is -2.37.